The predicted molar refractivity (Wildman–Crippen MR) is 88.2 cm³/mol. The third-order valence-corrected chi connectivity index (χ3v) is 3.47. The molecule has 1 aromatic rings. The van der Waals surface area contributed by atoms with Gasteiger partial charge in [-0.25, -0.2) is 14.7 Å². The Kier molecular flexibility index (Phi) is 5.63. The third kappa shape index (κ3) is 3.42. The van der Waals surface area contributed by atoms with Gasteiger partial charge in [0.05, 0.1) is 18.9 Å². The van der Waals surface area contributed by atoms with Crippen LogP contribution in [0.15, 0.2) is 47.2 Å². The normalized spacial score (nSPS) is 13.7. The molecule has 1 aromatic carbocycles. The van der Waals surface area contributed by atoms with Crippen molar-refractivity contribution in [3.05, 3.63) is 52.8 Å². The number of benzene rings is 1. The van der Waals surface area contributed by atoms with Crippen LogP contribution in [0.25, 0.3) is 5.70 Å². The van der Waals surface area contributed by atoms with Crippen molar-refractivity contribution in [3.8, 4) is 0 Å². The van der Waals surface area contributed by atoms with Crippen LogP contribution in [-0.4, -0.2) is 37.3 Å². The number of nitrogens with zero attached hydrogens (tertiary/aromatic N) is 1. The highest BCUT2D eigenvalue weighted by Gasteiger charge is 2.35. The van der Waals surface area contributed by atoms with Gasteiger partial charge in [-0.1, -0.05) is 30.3 Å². The van der Waals surface area contributed by atoms with Crippen LogP contribution in [0, 0.1) is 0 Å². The SMILES string of the molecule is CCOC(=O)C(C(=O)OCC)=C1ON(C)C(c2ccccc2)=C1C. The zero-order valence-corrected chi connectivity index (χ0v) is 14.3. The highest BCUT2D eigenvalue weighted by molar-refractivity contribution is 6.15. The predicted octanol–water partition coefficient (Wildman–Crippen LogP) is 2.67. The Bertz CT molecular complexity index is 671. The second-order valence-corrected chi connectivity index (χ2v) is 5.07. The number of hydrogen-bond acceptors (Lipinski definition) is 6. The van der Waals surface area contributed by atoms with Gasteiger partial charge in [0.1, 0.15) is 0 Å². The van der Waals surface area contributed by atoms with Crippen LogP contribution in [-0.2, 0) is 23.9 Å². The average molecular weight is 331 g/mol. The first-order valence-corrected chi connectivity index (χ1v) is 7.78. The zero-order valence-electron chi connectivity index (χ0n) is 14.3. The summed E-state index contributed by atoms with van der Waals surface area (Å²) in [4.78, 5) is 30.2. The molecule has 0 N–H and O–H groups in total. The van der Waals surface area contributed by atoms with E-state index in [2.05, 4.69) is 0 Å². The van der Waals surface area contributed by atoms with Gasteiger partial charge >= 0.3 is 11.9 Å². The summed E-state index contributed by atoms with van der Waals surface area (Å²) in [5, 5.41) is 1.53. The molecule has 0 aliphatic carbocycles. The van der Waals surface area contributed by atoms with Crippen molar-refractivity contribution < 1.29 is 23.9 Å². The van der Waals surface area contributed by atoms with Crippen molar-refractivity contribution in [1.29, 1.82) is 0 Å². The summed E-state index contributed by atoms with van der Waals surface area (Å²) < 4.78 is 9.98. The Hall–Kier alpha value is -2.76. The second kappa shape index (κ2) is 7.68. The van der Waals surface area contributed by atoms with Gasteiger partial charge in [0.15, 0.2) is 11.3 Å². The fourth-order valence-corrected chi connectivity index (χ4v) is 2.50. The van der Waals surface area contributed by atoms with Crippen LogP contribution in [0.1, 0.15) is 26.3 Å². The van der Waals surface area contributed by atoms with Crippen LogP contribution in [0.5, 0.6) is 0 Å². The summed E-state index contributed by atoms with van der Waals surface area (Å²) in [6.45, 7) is 5.44. The van der Waals surface area contributed by atoms with Crippen LogP contribution in [0.4, 0.5) is 0 Å². The van der Waals surface area contributed by atoms with E-state index in [9.17, 15) is 9.59 Å². The van der Waals surface area contributed by atoms with E-state index in [0.29, 0.717) is 5.57 Å². The van der Waals surface area contributed by atoms with E-state index in [0.717, 1.165) is 11.3 Å². The monoisotopic (exact) mass is 331 g/mol. The lowest BCUT2D eigenvalue weighted by molar-refractivity contribution is -0.147. The first-order valence-electron chi connectivity index (χ1n) is 7.78. The number of rotatable bonds is 5. The molecule has 1 heterocycles. The smallest absolute Gasteiger partial charge is 0.349 e. The molecule has 0 saturated heterocycles. The summed E-state index contributed by atoms with van der Waals surface area (Å²) in [5.41, 5.74) is 2.13. The Labute approximate surface area is 141 Å². The van der Waals surface area contributed by atoms with Gasteiger partial charge in [-0.15, -0.1) is 0 Å². The van der Waals surface area contributed by atoms with E-state index in [4.69, 9.17) is 14.3 Å². The lowest BCUT2D eigenvalue weighted by Crippen LogP contribution is -2.22. The Morgan fingerprint density at radius 3 is 2.08 bits per heavy atom. The van der Waals surface area contributed by atoms with Gasteiger partial charge in [0.25, 0.3) is 0 Å². The standard InChI is InChI=1S/C18H21NO5/c1-5-22-17(20)14(18(21)23-6-2)16-12(3)15(19(4)24-16)13-10-8-7-9-11-13/h7-11H,5-6H2,1-4H3. The average Bonchev–Trinajstić information content (AvgIpc) is 2.83. The lowest BCUT2D eigenvalue weighted by Gasteiger charge is -2.16. The van der Waals surface area contributed by atoms with E-state index in [-0.39, 0.29) is 24.5 Å². The van der Waals surface area contributed by atoms with Crippen LogP contribution in [0.2, 0.25) is 0 Å². The maximum atomic E-state index is 12.2. The number of allylic oxidation sites excluding steroid dienone is 1. The molecule has 0 fully saturated rings. The first-order chi connectivity index (χ1) is 11.5. The van der Waals surface area contributed by atoms with Crippen molar-refractivity contribution in [2.75, 3.05) is 20.3 Å². The molecule has 0 unspecified atom stereocenters. The number of hydrogen-bond donors (Lipinski definition) is 0. The van der Waals surface area contributed by atoms with Crippen molar-refractivity contribution in [2.24, 2.45) is 0 Å². The number of carbonyl (C=O) groups excluding carboxylic acids is 2. The van der Waals surface area contributed by atoms with Crippen molar-refractivity contribution in [3.63, 3.8) is 0 Å². The molecule has 0 atom stereocenters. The summed E-state index contributed by atoms with van der Waals surface area (Å²) in [6.07, 6.45) is 0. The molecule has 0 radical (unpaired) electrons. The van der Waals surface area contributed by atoms with Gasteiger partial charge in [-0.2, -0.15) is 0 Å². The molecule has 2 rings (SSSR count). The van der Waals surface area contributed by atoms with Gasteiger partial charge < -0.3 is 14.3 Å². The minimum absolute atomic E-state index is 0.152. The summed E-state index contributed by atoms with van der Waals surface area (Å²) >= 11 is 0. The van der Waals surface area contributed by atoms with Crippen molar-refractivity contribution in [2.45, 2.75) is 20.8 Å². The van der Waals surface area contributed by atoms with Gasteiger partial charge in [-0.05, 0) is 20.8 Å². The fraction of sp³-hybridized carbons (Fsp3) is 0.333. The molecule has 0 amide bonds. The number of ether oxygens (including phenoxy) is 2. The molecule has 0 saturated carbocycles. The molecule has 6 nitrogen and oxygen atoms in total. The summed E-state index contributed by atoms with van der Waals surface area (Å²) in [6, 6.07) is 9.58. The molecular formula is C18H21NO5. The van der Waals surface area contributed by atoms with Crippen LogP contribution >= 0.6 is 0 Å². The number of carbonyl (C=O) groups is 2. The Morgan fingerprint density at radius 2 is 1.58 bits per heavy atom. The summed E-state index contributed by atoms with van der Waals surface area (Å²) in [7, 11) is 1.72. The maximum Gasteiger partial charge on any atom is 0.349 e. The Morgan fingerprint density at radius 1 is 1.04 bits per heavy atom. The fourth-order valence-electron chi connectivity index (χ4n) is 2.50. The first kappa shape index (κ1) is 17.6. The van der Waals surface area contributed by atoms with E-state index < -0.39 is 11.9 Å². The molecule has 0 spiro atoms. The molecule has 128 valence electrons. The topological polar surface area (TPSA) is 65.1 Å². The van der Waals surface area contributed by atoms with Gasteiger partial charge in [0, 0.05) is 18.2 Å². The van der Waals surface area contributed by atoms with E-state index in [1.807, 2.05) is 30.3 Å². The molecule has 6 heteroatoms. The minimum Gasteiger partial charge on any atom is -0.462 e. The third-order valence-electron chi connectivity index (χ3n) is 3.47. The molecule has 1 aliphatic heterocycles. The highest BCUT2D eigenvalue weighted by atomic mass is 16.7. The second-order valence-electron chi connectivity index (χ2n) is 5.07. The zero-order chi connectivity index (χ0) is 17.7. The minimum atomic E-state index is -0.756. The number of esters is 2. The highest BCUT2D eigenvalue weighted by Crippen LogP contribution is 2.36. The molecule has 1 aliphatic rings. The van der Waals surface area contributed by atoms with Crippen molar-refractivity contribution in [1.82, 2.24) is 5.06 Å². The summed E-state index contributed by atoms with van der Waals surface area (Å²) in [5.74, 6) is -1.35. The quantitative estimate of drug-likeness (QED) is 0.358. The molecular weight excluding hydrogens is 310 g/mol. The number of hydroxylamine groups is 2. The lowest BCUT2D eigenvalue weighted by atomic mass is 10.0. The van der Waals surface area contributed by atoms with E-state index in [1.165, 1.54) is 5.06 Å². The van der Waals surface area contributed by atoms with Gasteiger partial charge in [0.2, 0.25) is 0 Å². The maximum absolute atomic E-state index is 12.2. The van der Waals surface area contributed by atoms with Gasteiger partial charge in [-0.3, -0.25) is 0 Å². The molecule has 0 aromatic heterocycles. The van der Waals surface area contributed by atoms with E-state index in [1.54, 1.807) is 27.8 Å². The molecule has 0 bridgehead atoms. The van der Waals surface area contributed by atoms with E-state index >= 15 is 0 Å². The van der Waals surface area contributed by atoms with Crippen molar-refractivity contribution >= 4 is 17.6 Å². The Balaban J connectivity index is 2.56. The largest absolute Gasteiger partial charge is 0.462 e. The molecule has 24 heavy (non-hydrogen) atoms. The van der Waals surface area contributed by atoms with Crippen LogP contribution < -0.4 is 0 Å². The van der Waals surface area contributed by atoms with Crippen LogP contribution in [0.3, 0.4) is 0 Å².